The van der Waals surface area contributed by atoms with E-state index in [0.717, 1.165) is 35.3 Å². The fourth-order valence-corrected chi connectivity index (χ4v) is 6.00. The summed E-state index contributed by atoms with van der Waals surface area (Å²) in [5.74, 6) is 1.41. The van der Waals surface area contributed by atoms with E-state index in [2.05, 4.69) is 35.6 Å². The van der Waals surface area contributed by atoms with Gasteiger partial charge in [-0.25, -0.2) is 0 Å². The molecular formula is C28H34N2O3. The number of carbonyl (C=O) groups excluding carboxylic acids is 2. The highest BCUT2D eigenvalue weighted by molar-refractivity contribution is 5.87. The maximum atomic E-state index is 13.2. The summed E-state index contributed by atoms with van der Waals surface area (Å²) in [6.45, 7) is 3.77. The number of methoxy groups -OCH3 is 1. The Bertz CT molecular complexity index is 1040. The number of benzene rings is 2. The lowest BCUT2D eigenvalue weighted by atomic mass is 9.79. The molecule has 174 valence electrons. The van der Waals surface area contributed by atoms with Crippen molar-refractivity contribution >= 4 is 11.8 Å². The number of para-hydroxylation sites is 1. The molecule has 0 radical (unpaired) electrons. The van der Waals surface area contributed by atoms with Gasteiger partial charge in [0.25, 0.3) is 0 Å². The van der Waals surface area contributed by atoms with Crippen LogP contribution in [0.1, 0.15) is 44.6 Å². The number of nitrogens with zero attached hydrogens (tertiary/aromatic N) is 1. The van der Waals surface area contributed by atoms with Gasteiger partial charge in [-0.05, 0) is 61.6 Å². The summed E-state index contributed by atoms with van der Waals surface area (Å²) in [6.07, 6.45) is 6.09. The van der Waals surface area contributed by atoms with Crippen LogP contribution in [0.3, 0.4) is 0 Å². The third-order valence-corrected chi connectivity index (χ3v) is 8.24. The van der Waals surface area contributed by atoms with Gasteiger partial charge in [0.15, 0.2) is 0 Å². The third kappa shape index (κ3) is 3.92. The molecule has 2 amide bonds. The first kappa shape index (κ1) is 22.0. The van der Waals surface area contributed by atoms with Gasteiger partial charge in [-0.2, -0.15) is 0 Å². The number of carbonyl (C=O) groups is 2. The largest absolute Gasteiger partial charge is 0.496 e. The number of likely N-dealkylation sites (tertiary alicyclic amines) is 1. The van der Waals surface area contributed by atoms with Gasteiger partial charge >= 0.3 is 0 Å². The monoisotopic (exact) mass is 446 g/mol. The molecule has 2 atom stereocenters. The topological polar surface area (TPSA) is 58.6 Å². The van der Waals surface area contributed by atoms with Gasteiger partial charge in [0.05, 0.1) is 12.5 Å². The van der Waals surface area contributed by atoms with Crippen molar-refractivity contribution in [3.05, 3.63) is 54.1 Å². The Morgan fingerprint density at radius 3 is 2.48 bits per heavy atom. The second-order valence-electron chi connectivity index (χ2n) is 10.2. The van der Waals surface area contributed by atoms with Crippen molar-refractivity contribution in [3.63, 3.8) is 0 Å². The molecule has 1 saturated heterocycles. The van der Waals surface area contributed by atoms with Crippen molar-refractivity contribution in [2.75, 3.05) is 26.7 Å². The van der Waals surface area contributed by atoms with E-state index < -0.39 is 5.41 Å². The van der Waals surface area contributed by atoms with Crippen molar-refractivity contribution in [2.45, 2.75) is 45.4 Å². The minimum absolute atomic E-state index is 0.0725. The first-order valence-electron chi connectivity index (χ1n) is 12.3. The minimum atomic E-state index is -0.556. The normalized spacial score (nSPS) is 24.9. The Kier molecular flexibility index (Phi) is 5.67. The first-order chi connectivity index (χ1) is 16.0. The Labute approximate surface area is 196 Å². The van der Waals surface area contributed by atoms with Gasteiger partial charge < -0.3 is 15.0 Å². The molecule has 1 heterocycles. The first-order valence-corrected chi connectivity index (χ1v) is 12.3. The molecule has 2 aromatic rings. The molecule has 2 aliphatic carbocycles. The summed E-state index contributed by atoms with van der Waals surface area (Å²) in [5.41, 5.74) is 3.03. The number of hydrogen-bond donors (Lipinski definition) is 1. The maximum Gasteiger partial charge on any atom is 0.228 e. The van der Waals surface area contributed by atoms with E-state index in [-0.39, 0.29) is 17.7 Å². The zero-order valence-electron chi connectivity index (χ0n) is 19.7. The van der Waals surface area contributed by atoms with Gasteiger partial charge in [0.2, 0.25) is 11.8 Å². The van der Waals surface area contributed by atoms with Crippen LogP contribution < -0.4 is 10.1 Å². The highest BCUT2D eigenvalue weighted by Gasteiger charge is 2.62. The summed E-state index contributed by atoms with van der Waals surface area (Å²) >= 11 is 0. The SMILES string of the molecule is CCNC(=O)[C@@]1(Cc2ccc(-c3ccccc3OC)cc2)CCN(C(=O)[C@H]2CC23CCC3)C1. The highest BCUT2D eigenvalue weighted by Crippen LogP contribution is 2.66. The van der Waals surface area contributed by atoms with Crippen molar-refractivity contribution < 1.29 is 14.3 Å². The maximum absolute atomic E-state index is 13.2. The minimum Gasteiger partial charge on any atom is -0.496 e. The van der Waals surface area contributed by atoms with Crippen LogP contribution in [0, 0.1) is 16.7 Å². The molecule has 5 rings (SSSR count). The summed E-state index contributed by atoms with van der Waals surface area (Å²) in [4.78, 5) is 28.4. The summed E-state index contributed by atoms with van der Waals surface area (Å²) in [5, 5.41) is 3.05. The molecule has 3 aliphatic rings. The number of amides is 2. The molecule has 2 saturated carbocycles. The van der Waals surface area contributed by atoms with Crippen molar-refractivity contribution in [3.8, 4) is 16.9 Å². The van der Waals surface area contributed by atoms with Crippen LogP contribution in [0.5, 0.6) is 5.75 Å². The lowest BCUT2D eigenvalue weighted by Crippen LogP contribution is -2.45. The van der Waals surface area contributed by atoms with Crippen molar-refractivity contribution in [1.82, 2.24) is 10.2 Å². The number of ether oxygens (including phenoxy) is 1. The highest BCUT2D eigenvalue weighted by atomic mass is 16.5. The molecule has 0 aromatic heterocycles. The Balaban J connectivity index is 1.33. The molecule has 5 nitrogen and oxygen atoms in total. The van der Waals surface area contributed by atoms with Crippen LogP contribution in [0.2, 0.25) is 0 Å². The van der Waals surface area contributed by atoms with E-state index in [0.29, 0.717) is 31.5 Å². The quantitative estimate of drug-likeness (QED) is 0.684. The summed E-state index contributed by atoms with van der Waals surface area (Å²) in [7, 11) is 1.69. The van der Waals surface area contributed by atoms with Crippen LogP contribution in [0.15, 0.2) is 48.5 Å². The van der Waals surface area contributed by atoms with E-state index >= 15 is 0 Å². The Hall–Kier alpha value is -2.82. The van der Waals surface area contributed by atoms with Crippen molar-refractivity contribution in [1.29, 1.82) is 0 Å². The van der Waals surface area contributed by atoms with Gasteiger partial charge in [-0.15, -0.1) is 0 Å². The predicted octanol–water partition coefficient (Wildman–Crippen LogP) is 4.45. The molecule has 33 heavy (non-hydrogen) atoms. The number of nitrogens with one attached hydrogen (secondary N) is 1. The summed E-state index contributed by atoms with van der Waals surface area (Å²) < 4.78 is 5.51. The summed E-state index contributed by atoms with van der Waals surface area (Å²) in [6, 6.07) is 16.4. The second-order valence-corrected chi connectivity index (χ2v) is 10.2. The molecule has 1 aliphatic heterocycles. The van der Waals surface area contributed by atoms with Crippen LogP contribution in [-0.2, 0) is 16.0 Å². The van der Waals surface area contributed by atoms with Gasteiger partial charge in [-0.3, -0.25) is 9.59 Å². The lowest BCUT2D eigenvalue weighted by Gasteiger charge is -2.30. The van der Waals surface area contributed by atoms with E-state index in [9.17, 15) is 9.59 Å². The van der Waals surface area contributed by atoms with Crippen molar-refractivity contribution in [2.24, 2.45) is 16.7 Å². The Morgan fingerprint density at radius 1 is 1.09 bits per heavy atom. The molecule has 0 unspecified atom stereocenters. The van der Waals surface area contributed by atoms with E-state index in [4.69, 9.17) is 4.74 Å². The molecule has 0 bridgehead atoms. The average molecular weight is 447 g/mol. The zero-order chi connectivity index (χ0) is 23.1. The lowest BCUT2D eigenvalue weighted by molar-refractivity contribution is -0.135. The number of hydrogen-bond acceptors (Lipinski definition) is 3. The van der Waals surface area contributed by atoms with Crippen LogP contribution >= 0.6 is 0 Å². The van der Waals surface area contributed by atoms with Gasteiger partial charge in [-0.1, -0.05) is 48.9 Å². The van der Waals surface area contributed by atoms with E-state index in [1.165, 1.54) is 19.3 Å². The number of rotatable bonds is 7. The standard InChI is InChI=1S/C28H34N2O3/c1-3-29-26(32)28(15-16-30(19-28)25(31)23-18-27(23)13-6-14-27)17-20-9-11-21(12-10-20)22-7-4-5-8-24(22)33-2/h4-5,7-12,23H,3,6,13-19H2,1-2H3,(H,29,32)/t23-,28-/m1/s1. The molecular weight excluding hydrogens is 412 g/mol. The van der Waals surface area contributed by atoms with Crippen LogP contribution in [0.25, 0.3) is 11.1 Å². The van der Waals surface area contributed by atoms with Gasteiger partial charge in [0.1, 0.15) is 5.75 Å². The molecule has 1 spiro atoms. The van der Waals surface area contributed by atoms with Crippen LogP contribution in [-0.4, -0.2) is 43.5 Å². The van der Waals surface area contributed by atoms with Crippen LogP contribution in [0.4, 0.5) is 0 Å². The molecule has 5 heteroatoms. The third-order valence-electron chi connectivity index (χ3n) is 8.24. The Morgan fingerprint density at radius 2 is 1.85 bits per heavy atom. The second kappa shape index (κ2) is 8.51. The smallest absolute Gasteiger partial charge is 0.228 e. The predicted molar refractivity (Wildman–Crippen MR) is 129 cm³/mol. The average Bonchev–Trinajstić information content (AvgIpc) is 3.46. The fourth-order valence-electron chi connectivity index (χ4n) is 6.00. The van der Waals surface area contributed by atoms with Gasteiger partial charge in [0, 0.05) is 31.1 Å². The molecule has 2 aromatic carbocycles. The zero-order valence-corrected chi connectivity index (χ0v) is 19.7. The van der Waals surface area contributed by atoms with E-state index in [1.54, 1.807) is 7.11 Å². The molecule has 1 N–H and O–H groups in total. The molecule has 3 fully saturated rings. The van der Waals surface area contributed by atoms with E-state index in [1.807, 2.05) is 30.0 Å². The fraction of sp³-hybridized carbons (Fsp3) is 0.500.